The van der Waals surface area contributed by atoms with Crippen molar-refractivity contribution >= 4 is 38.2 Å². The minimum Gasteiger partial charge on any atom is -0.0622 e. The van der Waals surface area contributed by atoms with E-state index >= 15 is 0 Å². The molecule has 0 unspecified atom stereocenters. The Balaban J connectivity index is 1.85. The fourth-order valence-electron chi connectivity index (χ4n) is 4.74. The summed E-state index contributed by atoms with van der Waals surface area (Å²) in [6.07, 6.45) is 0. The van der Waals surface area contributed by atoms with Crippen LogP contribution in [0, 0.1) is 0 Å². The highest BCUT2D eigenvalue weighted by Gasteiger charge is 2.30. The number of benzene rings is 4. The molecule has 0 aromatic heterocycles. The van der Waals surface area contributed by atoms with Gasteiger partial charge in [-0.15, -0.1) is 0 Å². The van der Waals surface area contributed by atoms with Crippen molar-refractivity contribution in [3.05, 3.63) is 140 Å². The molecule has 0 saturated heterocycles. The molecule has 0 spiro atoms. The summed E-state index contributed by atoms with van der Waals surface area (Å²) in [5, 5.41) is 5.28. The Labute approximate surface area is 177 Å². The Morgan fingerprint density at radius 1 is 0.379 bits per heavy atom. The average molecular weight is 433 g/mol. The second kappa shape index (κ2) is 6.43. The van der Waals surface area contributed by atoms with Crippen LogP contribution in [0.5, 0.6) is 0 Å². The van der Waals surface area contributed by atoms with E-state index < -0.39 is 0 Å². The van der Waals surface area contributed by atoms with Crippen LogP contribution in [-0.4, -0.2) is 0 Å². The van der Waals surface area contributed by atoms with Crippen LogP contribution in [0.1, 0.15) is 11.1 Å². The summed E-state index contributed by atoms with van der Waals surface area (Å²) in [7, 11) is 0. The molecule has 2 aliphatic rings. The topological polar surface area (TPSA) is 0 Å². The Morgan fingerprint density at radius 3 is 1.45 bits per heavy atom. The first-order valence-electron chi connectivity index (χ1n) is 9.83. The van der Waals surface area contributed by atoms with Crippen LogP contribution < -0.4 is 20.9 Å². The molecule has 4 aromatic rings. The van der Waals surface area contributed by atoms with Gasteiger partial charge in [-0.05, 0) is 60.4 Å². The molecule has 0 fully saturated rings. The van der Waals surface area contributed by atoms with E-state index in [1.807, 2.05) is 0 Å². The number of halogens is 1. The molecule has 0 amide bonds. The molecular weight excluding hydrogens is 416 g/mol. The van der Waals surface area contributed by atoms with Crippen molar-refractivity contribution in [2.24, 2.45) is 0 Å². The lowest BCUT2D eigenvalue weighted by Gasteiger charge is -2.12. The van der Waals surface area contributed by atoms with Gasteiger partial charge in [0.1, 0.15) is 0 Å². The Hall–Kier alpha value is -3.16. The number of fused-ring (bicyclic) bond motifs is 3. The van der Waals surface area contributed by atoms with Crippen LogP contribution in [0.15, 0.2) is 108 Å². The van der Waals surface area contributed by atoms with E-state index in [0.717, 1.165) is 4.47 Å². The minimum absolute atomic E-state index is 1.13. The molecule has 0 bridgehead atoms. The molecule has 6 rings (SSSR count). The second-order valence-corrected chi connectivity index (χ2v) is 8.29. The normalized spacial score (nSPS) is 14.1. The van der Waals surface area contributed by atoms with Gasteiger partial charge in [0.2, 0.25) is 0 Å². The van der Waals surface area contributed by atoms with E-state index in [-0.39, 0.29) is 0 Å². The smallest absolute Gasteiger partial charge is 0.0254 e. The van der Waals surface area contributed by atoms with E-state index in [1.165, 1.54) is 54.3 Å². The first kappa shape index (κ1) is 16.8. The fraction of sp³-hybridized carbons (Fsp3) is 0. The van der Waals surface area contributed by atoms with Crippen molar-refractivity contribution in [3.63, 3.8) is 0 Å². The molecule has 4 aromatic carbocycles. The zero-order valence-electron chi connectivity index (χ0n) is 15.7. The summed E-state index contributed by atoms with van der Waals surface area (Å²) in [5.41, 5.74) is 7.89. The van der Waals surface area contributed by atoms with E-state index in [4.69, 9.17) is 0 Å². The lowest BCUT2D eigenvalue weighted by atomic mass is 9.92. The van der Waals surface area contributed by atoms with Crippen molar-refractivity contribution in [3.8, 4) is 0 Å². The van der Waals surface area contributed by atoms with Gasteiger partial charge < -0.3 is 0 Å². The van der Waals surface area contributed by atoms with Crippen LogP contribution in [0.3, 0.4) is 0 Å². The molecule has 0 saturated carbocycles. The number of hydrogen-bond acceptors (Lipinski definition) is 0. The predicted molar refractivity (Wildman–Crippen MR) is 124 cm³/mol. The van der Waals surface area contributed by atoms with Gasteiger partial charge >= 0.3 is 0 Å². The van der Waals surface area contributed by atoms with Crippen molar-refractivity contribution in [1.82, 2.24) is 0 Å². The van der Waals surface area contributed by atoms with Crippen LogP contribution >= 0.6 is 15.9 Å². The summed E-state index contributed by atoms with van der Waals surface area (Å²) in [6, 6.07) is 37.0. The van der Waals surface area contributed by atoms with E-state index in [2.05, 4.69) is 119 Å². The van der Waals surface area contributed by atoms with Crippen LogP contribution in [0.4, 0.5) is 0 Å². The maximum Gasteiger partial charge on any atom is 0.0254 e. The standard InChI is InChI=1S/C28H17Br/c29-24-17-9-8-16-23(24)26-20-13-5-7-15-22(20)27-25(18-10-2-1-3-11-18)19-12-4-6-14-21(19)28(26)27/h1-17H. The van der Waals surface area contributed by atoms with Gasteiger partial charge in [0.25, 0.3) is 0 Å². The van der Waals surface area contributed by atoms with Crippen molar-refractivity contribution in [2.45, 2.75) is 0 Å². The van der Waals surface area contributed by atoms with Gasteiger partial charge in [-0.2, -0.15) is 0 Å². The van der Waals surface area contributed by atoms with Gasteiger partial charge in [-0.3, -0.25) is 0 Å². The van der Waals surface area contributed by atoms with Crippen LogP contribution in [0.25, 0.3) is 22.3 Å². The Bertz CT molecular complexity index is 1540. The average Bonchev–Trinajstić information content (AvgIpc) is 3.28. The van der Waals surface area contributed by atoms with Crippen LogP contribution in [0.2, 0.25) is 0 Å². The number of rotatable bonds is 2. The third-order valence-electron chi connectivity index (χ3n) is 5.89. The second-order valence-electron chi connectivity index (χ2n) is 7.44. The summed E-state index contributed by atoms with van der Waals surface area (Å²) in [4.78, 5) is 0. The summed E-state index contributed by atoms with van der Waals surface area (Å²) >= 11 is 3.80. The zero-order valence-corrected chi connectivity index (χ0v) is 17.3. The first-order chi connectivity index (χ1) is 14.3. The summed E-state index contributed by atoms with van der Waals surface area (Å²) in [5.74, 6) is 0. The lowest BCUT2D eigenvalue weighted by molar-refractivity contribution is 1.46. The third-order valence-corrected chi connectivity index (χ3v) is 6.58. The fourth-order valence-corrected chi connectivity index (χ4v) is 5.23. The maximum absolute atomic E-state index is 3.80. The van der Waals surface area contributed by atoms with Gasteiger partial charge in [-0.1, -0.05) is 113 Å². The third kappa shape index (κ3) is 2.38. The van der Waals surface area contributed by atoms with Crippen LogP contribution in [-0.2, 0) is 0 Å². The predicted octanol–water partition coefficient (Wildman–Crippen LogP) is 3.88. The zero-order chi connectivity index (χ0) is 19.4. The van der Waals surface area contributed by atoms with Crippen molar-refractivity contribution in [1.29, 1.82) is 0 Å². The Morgan fingerprint density at radius 2 is 0.828 bits per heavy atom. The molecule has 1 heteroatoms. The molecule has 0 radical (unpaired) electrons. The molecule has 0 heterocycles. The number of hydrogen-bond donors (Lipinski definition) is 0. The minimum atomic E-state index is 1.13. The Kier molecular flexibility index (Phi) is 3.72. The van der Waals surface area contributed by atoms with E-state index in [9.17, 15) is 0 Å². The molecule has 0 N–H and O–H groups in total. The van der Waals surface area contributed by atoms with Crippen molar-refractivity contribution < 1.29 is 0 Å². The molecular formula is C28H17Br. The quantitative estimate of drug-likeness (QED) is 0.450. The maximum atomic E-state index is 3.80. The molecule has 136 valence electrons. The molecule has 0 atom stereocenters. The molecule has 29 heavy (non-hydrogen) atoms. The molecule has 0 aliphatic heterocycles. The largest absolute Gasteiger partial charge is 0.0622 e. The van der Waals surface area contributed by atoms with Gasteiger partial charge in [0.05, 0.1) is 0 Å². The highest BCUT2D eigenvalue weighted by atomic mass is 79.9. The first-order valence-corrected chi connectivity index (χ1v) is 10.6. The SMILES string of the molecule is Brc1ccccc1C1=c2ccccc2=C2C1=c1ccccc1=C2c1ccccc1. The van der Waals surface area contributed by atoms with Crippen molar-refractivity contribution in [2.75, 3.05) is 0 Å². The molecule has 2 aliphatic carbocycles. The monoisotopic (exact) mass is 432 g/mol. The van der Waals surface area contributed by atoms with E-state index in [0.29, 0.717) is 0 Å². The molecule has 0 nitrogen and oxygen atoms in total. The summed E-state index contributed by atoms with van der Waals surface area (Å²) < 4.78 is 1.13. The summed E-state index contributed by atoms with van der Waals surface area (Å²) in [6.45, 7) is 0. The highest BCUT2D eigenvalue weighted by Crippen LogP contribution is 2.40. The van der Waals surface area contributed by atoms with Gasteiger partial charge in [0.15, 0.2) is 0 Å². The van der Waals surface area contributed by atoms with Gasteiger partial charge in [-0.25, -0.2) is 0 Å². The van der Waals surface area contributed by atoms with E-state index in [1.54, 1.807) is 0 Å². The van der Waals surface area contributed by atoms with Gasteiger partial charge in [0, 0.05) is 4.47 Å². The lowest BCUT2D eigenvalue weighted by Crippen LogP contribution is -2.28. The highest BCUT2D eigenvalue weighted by molar-refractivity contribution is 9.10.